The molecule has 1 aliphatic heterocycles. The smallest absolute Gasteiger partial charge is 0.232 e. The number of carbonyl (C=O) groups is 1. The number of aromatic nitrogens is 1. The standard InChI is InChI=1S/C28H30N4OS/c1-21-9-8-14-24-26(21)30-28(34-24)32-19-17-31(18-20-32)16-15-29-27(33)25(22-10-4-2-5-11-22)23-12-6-3-7-13-23/h2-14,25H,15-20H2,1H3,(H,29,33). The quantitative estimate of drug-likeness (QED) is 0.426. The first-order valence-corrected chi connectivity index (χ1v) is 12.7. The molecule has 0 aliphatic carbocycles. The summed E-state index contributed by atoms with van der Waals surface area (Å²) in [4.78, 5) is 22.9. The number of rotatable bonds is 7. The second-order valence-corrected chi connectivity index (χ2v) is 9.80. The first-order chi connectivity index (χ1) is 16.7. The van der Waals surface area contributed by atoms with E-state index in [2.05, 4.69) is 40.2 Å². The Labute approximate surface area is 205 Å². The topological polar surface area (TPSA) is 48.5 Å². The minimum Gasteiger partial charge on any atom is -0.354 e. The van der Waals surface area contributed by atoms with Crippen LogP contribution in [0.5, 0.6) is 0 Å². The molecule has 0 saturated carbocycles. The zero-order valence-electron chi connectivity index (χ0n) is 19.5. The lowest BCUT2D eigenvalue weighted by Gasteiger charge is -2.34. The molecular weight excluding hydrogens is 440 g/mol. The van der Waals surface area contributed by atoms with Gasteiger partial charge in [0.2, 0.25) is 5.91 Å². The summed E-state index contributed by atoms with van der Waals surface area (Å²) >= 11 is 1.78. The van der Waals surface area contributed by atoms with Gasteiger partial charge in [-0.2, -0.15) is 0 Å². The minimum absolute atomic E-state index is 0.0564. The Balaban J connectivity index is 1.15. The average Bonchev–Trinajstić information content (AvgIpc) is 3.32. The molecule has 1 aromatic heterocycles. The summed E-state index contributed by atoms with van der Waals surface area (Å²) in [5, 5.41) is 4.31. The molecular formula is C28H30N4OS. The van der Waals surface area contributed by atoms with E-state index >= 15 is 0 Å². The maximum Gasteiger partial charge on any atom is 0.232 e. The predicted octanol–water partition coefficient (Wildman–Crippen LogP) is 4.68. The highest BCUT2D eigenvalue weighted by Crippen LogP contribution is 2.31. The van der Waals surface area contributed by atoms with Crippen LogP contribution in [0.1, 0.15) is 22.6 Å². The summed E-state index contributed by atoms with van der Waals surface area (Å²) in [5.41, 5.74) is 4.40. The molecule has 174 valence electrons. The first-order valence-electron chi connectivity index (χ1n) is 11.9. The lowest BCUT2D eigenvalue weighted by atomic mass is 9.90. The molecule has 5 rings (SSSR count). The van der Waals surface area contributed by atoms with Crippen molar-refractivity contribution in [1.82, 2.24) is 15.2 Å². The fourth-order valence-electron chi connectivity index (χ4n) is 4.60. The molecule has 0 spiro atoms. The molecule has 0 bridgehead atoms. The van der Waals surface area contributed by atoms with Gasteiger partial charge < -0.3 is 10.2 Å². The van der Waals surface area contributed by atoms with Crippen molar-refractivity contribution in [2.75, 3.05) is 44.2 Å². The van der Waals surface area contributed by atoms with Crippen LogP contribution in [0.15, 0.2) is 78.9 Å². The second-order valence-electron chi connectivity index (χ2n) is 8.79. The van der Waals surface area contributed by atoms with Crippen LogP contribution in [0.3, 0.4) is 0 Å². The van der Waals surface area contributed by atoms with Crippen molar-refractivity contribution in [2.45, 2.75) is 12.8 Å². The molecule has 2 heterocycles. The number of fused-ring (bicyclic) bond motifs is 1. The van der Waals surface area contributed by atoms with Gasteiger partial charge in [-0.15, -0.1) is 0 Å². The molecule has 6 heteroatoms. The van der Waals surface area contributed by atoms with Crippen molar-refractivity contribution in [2.24, 2.45) is 0 Å². The molecule has 0 unspecified atom stereocenters. The molecule has 1 aliphatic rings. The highest BCUT2D eigenvalue weighted by atomic mass is 32.1. The van der Waals surface area contributed by atoms with Crippen LogP contribution >= 0.6 is 11.3 Å². The van der Waals surface area contributed by atoms with E-state index in [4.69, 9.17) is 4.98 Å². The fraction of sp³-hybridized carbons (Fsp3) is 0.286. The van der Waals surface area contributed by atoms with E-state index in [1.807, 2.05) is 60.7 Å². The zero-order chi connectivity index (χ0) is 23.3. The molecule has 4 aromatic rings. The van der Waals surface area contributed by atoms with Crippen molar-refractivity contribution in [3.63, 3.8) is 0 Å². The van der Waals surface area contributed by atoms with Crippen molar-refractivity contribution in [3.05, 3.63) is 95.6 Å². The Kier molecular flexibility index (Phi) is 6.88. The predicted molar refractivity (Wildman–Crippen MR) is 141 cm³/mol. The number of piperazine rings is 1. The number of nitrogens with one attached hydrogen (secondary N) is 1. The van der Waals surface area contributed by atoms with Gasteiger partial charge in [-0.05, 0) is 29.7 Å². The Bertz CT molecular complexity index is 1190. The summed E-state index contributed by atoms with van der Waals surface area (Å²) in [5.74, 6) is -0.234. The number of anilines is 1. The Morgan fingerprint density at radius 3 is 2.18 bits per heavy atom. The summed E-state index contributed by atoms with van der Waals surface area (Å²) in [6.07, 6.45) is 0. The van der Waals surface area contributed by atoms with Gasteiger partial charge in [0, 0.05) is 39.3 Å². The van der Waals surface area contributed by atoms with Crippen LogP contribution < -0.4 is 10.2 Å². The SMILES string of the molecule is Cc1cccc2sc(N3CCN(CCNC(=O)C(c4ccccc4)c4ccccc4)CC3)nc12. The number of hydrogen-bond acceptors (Lipinski definition) is 5. The third-order valence-corrected chi connectivity index (χ3v) is 7.59. The van der Waals surface area contributed by atoms with Gasteiger partial charge in [0.25, 0.3) is 0 Å². The number of amides is 1. The first kappa shape index (κ1) is 22.6. The van der Waals surface area contributed by atoms with Crippen molar-refractivity contribution >= 4 is 32.6 Å². The van der Waals surface area contributed by atoms with Crippen LogP contribution in [0.4, 0.5) is 5.13 Å². The summed E-state index contributed by atoms with van der Waals surface area (Å²) in [7, 11) is 0. The number of para-hydroxylation sites is 1. The number of thiazole rings is 1. The van der Waals surface area contributed by atoms with Crippen LogP contribution in [0.25, 0.3) is 10.2 Å². The van der Waals surface area contributed by atoms with E-state index < -0.39 is 0 Å². The van der Waals surface area contributed by atoms with Crippen molar-refractivity contribution in [3.8, 4) is 0 Å². The average molecular weight is 471 g/mol. The summed E-state index contributed by atoms with van der Waals surface area (Å²) in [6.45, 7) is 7.51. The highest BCUT2D eigenvalue weighted by molar-refractivity contribution is 7.22. The van der Waals surface area contributed by atoms with Gasteiger partial charge in [0.15, 0.2) is 5.13 Å². The zero-order valence-corrected chi connectivity index (χ0v) is 20.3. The molecule has 5 nitrogen and oxygen atoms in total. The van der Waals surface area contributed by atoms with E-state index in [-0.39, 0.29) is 11.8 Å². The molecule has 34 heavy (non-hydrogen) atoms. The number of aryl methyl sites for hydroxylation is 1. The highest BCUT2D eigenvalue weighted by Gasteiger charge is 2.23. The lowest BCUT2D eigenvalue weighted by molar-refractivity contribution is -0.121. The maximum atomic E-state index is 13.2. The third kappa shape index (κ3) is 4.98. The summed E-state index contributed by atoms with van der Waals surface area (Å²) in [6, 6.07) is 26.4. The molecule has 0 radical (unpaired) electrons. The largest absolute Gasteiger partial charge is 0.354 e. The molecule has 1 saturated heterocycles. The van der Waals surface area contributed by atoms with E-state index in [1.54, 1.807) is 11.3 Å². The molecule has 1 N–H and O–H groups in total. The van der Waals surface area contributed by atoms with Gasteiger partial charge in [0.05, 0.1) is 16.1 Å². The van der Waals surface area contributed by atoms with Gasteiger partial charge >= 0.3 is 0 Å². The van der Waals surface area contributed by atoms with Crippen LogP contribution in [0.2, 0.25) is 0 Å². The number of benzene rings is 3. The number of carbonyl (C=O) groups excluding carboxylic acids is 1. The van der Waals surface area contributed by atoms with Gasteiger partial charge in [-0.1, -0.05) is 84.1 Å². The fourth-order valence-corrected chi connectivity index (χ4v) is 5.69. The summed E-state index contributed by atoms with van der Waals surface area (Å²) < 4.78 is 1.26. The Morgan fingerprint density at radius 2 is 1.56 bits per heavy atom. The van der Waals surface area contributed by atoms with E-state index in [0.29, 0.717) is 6.54 Å². The number of nitrogens with zero attached hydrogens (tertiary/aromatic N) is 3. The van der Waals surface area contributed by atoms with E-state index in [9.17, 15) is 4.79 Å². The van der Waals surface area contributed by atoms with E-state index in [0.717, 1.165) is 54.5 Å². The Morgan fingerprint density at radius 1 is 0.912 bits per heavy atom. The van der Waals surface area contributed by atoms with Gasteiger partial charge in [0.1, 0.15) is 0 Å². The molecule has 1 fully saturated rings. The minimum atomic E-state index is -0.290. The van der Waals surface area contributed by atoms with Crippen LogP contribution in [-0.4, -0.2) is 55.1 Å². The monoisotopic (exact) mass is 470 g/mol. The van der Waals surface area contributed by atoms with Crippen molar-refractivity contribution in [1.29, 1.82) is 0 Å². The molecule has 1 amide bonds. The molecule has 0 atom stereocenters. The number of hydrogen-bond donors (Lipinski definition) is 1. The van der Waals surface area contributed by atoms with Gasteiger partial charge in [-0.3, -0.25) is 9.69 Å². The third-order valence-electron chi connectivity index (χ3n) is 6.51. The van der Waals surface area contributed by atoms with Crippen molar-refractivity contribution < 1.29 is 4.79 Å². The molecule has 3 aromatic carbocycles. The van der Waals surface area contributed by atoms with Crippen LogP contribution in [0, 0.1) is 6.92 Å². The lowest BCUT2D eigenvalue weighted by Crippen LogP contribution is -2.48. The van der Waals surface area contributed by atoms with E-state index in [1.165, 1.54) is 10.3 Å². The normalized spacial score (nSPS) is 14.6. The van der Waals surface area contributed by atoms with Crippen LogP contribution in [-0.2, 0) is 4.79 Å². The van der Waals surface area contributed by atoms with Gasteiger partial charge in [-0.25, -0.2) is 4.98 Å². The maximum absolute atomic E-state index is 13.2. The second kappa shape index (κ2) is 10.4. The Hall–Kier alpha value is -3.22.